The molecule has 6 heteroatoms. The first kappa shape index (κ1) is 25.4. The van der Waals surface area contributed by atoms with Crippen molar-refractivity contribution in [3.63, 3.8) is 0 Å². The smallest absolute Gasteiger partial charge is 0.174 e. The first-order chi connectivity index (χ1) is 16.2. The molecule has 3 aromatic rings. The van der Waals surface area contributed by atoms with E-state index in [1.165, 1.54) is 11.1 Å². The molecule has 0 fully saturated rings. The number of thiocarbonyl (C=S) groups is 1. The van der Waals surface area contributed by atoms with Gasteiger partial charge in [-0.25, -0.2) is 0 Å². The van der Waals surface area contributed by atoms with Crippen molar-refractivity contribution in [3.05, 3.63) is 83.4 Å². The van der Waals surface area contributed by atoms with Crippen molar-refractivity contribution in [2.45, 2.75) is 39.3 Å². The fraction of sp³-hybridized carbons (Fsp3) is 0.321. The van der Waals surface area contributed by atoms with Gasteiger partial charge in [-0.15, -0.1) is 0 Å². The van der Waals surface area contributed by atoms with Gasteiger partial charge in [-0.2, -0.15) is 0 Å². The maximum Gasteiger partial charge on any atom is 0.174 e. The third-order valence-electron chi connectivity index (χ3n) is 5.66. The number of hydrogen-bond donors (Lipinski definition) is 1. The van der Waals surface area contributed by atoms with Crippen molar-refractivity contribution in [1.82, 2.24) is 4.90 Å². The maximum absolute atomic E-state index is 5.86. The molecule has 0 aliphatic carbocycles. The van der Waals surface area contributed by atoms with Crippen LogP contribution < -0.4 is 19.5 Å². The Balaban J connectivity index is 1.85. The van der Waals surface area contributed by atoms with Crippen LogP contribution in [0.5, 0.6) is 17.2 Å². The van der Waals surface area contributed by atoms with Crippen LogP contribution in [0.15, 0.2) is 66.7 Å². The molecule has 180 valence electrons. The molecule has 0 heterocycles. The number of hydrogen-bond acceptors (Lipinski definition) is 4. The van der Waals surface area contributed by atoms with E-state index in [-0.39, 0.29) is 5.41 Å². The normalized spacial score (nSPS) is 11.0. The summed E-state index contributed by atoms with van der Waals surface area (Å²) in [6, 6.07) is 22.4. The summed E-state index contributed by atoms with van der Waals surface area (Å²) in [6.07, 6.45) is 0. The highest BCUT2D eigenvalue weighted by molar-refractivity contribution is 7.80. The molecule has 0 amide bonds. The van der Waals surface area contributed by atoms with Gasteiger partial charge in [-0.1, -0.05) is 57.2 Å². The van der Waals surface area contributed by atoms with Crippen molar-refractivity contribution in [3.8, 4) is 17.2 Å². The molecule has 0 spiro atoms. The van der Waals surface area contributed by atoms with Crippen molar-refractivity contribution in [2.75, 3.05) is 26.6 Å². The fourth-order valence-corrected chi connectivity index (χ4v) is 3.82. The first-order valence-corrected chi connectivity index (χ1v) is 11.6. The Hall–Kier alpha value is -3.25. The number of ether oxygens (including phenoxy) is 3. The summed E-state index contributed by atoms with van der Waals surface area (Å²) in [7, 11) is 4.94. The van der Waals surface area contributed by atoms with Gasteiger partial charge in [0.05, 0.1) is 27.0 Å². The van der Waals surface area contributed by atoms with Gasteiger partial charge in [-0.05, 0) is 58.6 Å². The molecule has 0 atom stereocenters. The molecule has 3 aromatic carbocycles. The zero-order chi connectivity index (χ0) is 24.7. The van der Waals surface area contributed by atoms with E-state index in [4.69, 9.17) is 26.4 Å². The predicted molar refractivity (Wildman–Crippen MR) is 143 cm³/mol. The quantitative estimate of drug-likeness (QED) is 0.378. The monoisotopic (exact) mass is 478 g/mol. The van der Waals surface area contributed by atoms with Crippen LogP contribution >= 0.6 is 12.2 Å². The van der Waals surface area contributed by atoms with E-state index in [9.17, 15) is 0 Å². The second kappa shape index (κ2) is 11.3. The molecule has 3 rings (SSSR count). The lowest BCUT2D eigenvalue weighted by molar-refractivity contribution is 0.394. The number of nitrogens with one attached hydrogen (secondary N) is 1. The van der Waals surface area contributed by atoms with E-state index in [1.807, 2.05) is 30.3 Å². The molecule has 0 radical (unpaired) electrons. The standard InChI is InChI=1S/C28H34N2O3S/c1-28(2,3)22-11-7-20(8-12-22)18-30(19-21-9-13-23(31-4)14-10-21)27(34)29-25-16-15-24(32-5)17-26(25)33-6/h7-17H,18-19H2,1-6H3,(H,29,34). The lowest BCUT2D eigenvalue weighted by Gasteiger charge is -2.27. The highest BCUT2D eigenvalue weighted by atomic mass is 32.1. The number of benzene rings is 3. The number of rotatable bonds is 8. The van der Waals surface area contributed by atoms with Crippen molar-refractivity contribution in [1.29, 1.82) is 0 Å². The Morgan fingerprint density at radius 3 is 1.79 bits per heavy atom. The highest BCUT2D eigenvalue weighted by Gasteiger charge is 2.16. The van der Waals surface area contributed by atoms with Gasteiger partial charge >= 0.3 is 0 Å². The SMILES string of the molecule is COc1ccc(CN(Cc2ccc(C(C)(C)C)cc2)C(=S)Nc2ccc(OC)cc2OC)cc1. The van der Waals surface area contributed by atoms with Crippen LogP contribution in [0.1, 0.15) is 37.5 Å². The van der Waals surface area contributed by atoms with E-state index in [0.717, 1.165) is 22.7 Å². The molecular formula is C28H34N2O3S. The van der Waals surface area contributed by atoms with Crippen LogP contribution in [-0.2, 0) is 18.5 Å². The Morgan fingerprint density at radius 1 is 0.765 bits per heavy atom. The molecule has 0 saturated heterocycles. The van der Waals surface area contributed by atoms with E-state index < -0.39 is 0 Å². The fourth-order valence-electron chi connectivity index (χ4n) is 3.58. The molecule has 0 saturated carbocycles. The highest BCUT2D eigenvalue weighted by Crippen LogP contribution is 2.30. The summed E-state index contributed by atoms with van der Waals surface area (Å²) in [6.45, 7) is 7.98. The lowest BCUT2D eigenvalue weighted by Crippen LogP contribution is -2.34. The molecule has 0 aliphatic heterocycles. The van der Waals surface area contributed by atoms with Crippen LogP contribution in [-0.4, -0.2) is 31.3 Å². The third kappa shape index (κ3) is 6.64. The van der Waals surface area contributed by atoms with Gasteiger partial charge in [0.15, 0.2) is 5.11 Å². The molecule has 0 aromatic heterocycles. The second-order valence-electron chi connectivity index (χ2n) is 9.15. The van der Waals surface area contributed by atoms with Crippen LogP contribution in [0.2, 0.25) is 0 Å². The molecule has 0 unspecified atom stereocenters. The van der Waals surface area contributed by atoms with Gasteiger partial charge in [-0.3, -0.25) is 0 Å². The molecule has 0 aliphatic rings. The summed E-state index contributed by atoms with van der Waals surface area (Å²) in [5.74, 6) is 2.22. The summed E-state index contributed by atoms with van der Waals surface area (Å²) < 4.78 is 16.2. The molecular weight excluding hydrogens is 444 g/mol. The van der Waals surface area contributed by atoms with Crippen molar-refractivity contribution < 1.29 is 14.2 Å². The predicted octanol–water partition coefficient (Wildman–Crippen LogP) is 6.41. The van der Waals surface area contributed by atoms with Crippen LogP contribution in [0, 0.1) is 0 Å². The largest absolute Gasteiger partial charge is 0.497 e. The molecule has 1 N–H and O–H groups in total. The minimum Gasteiger partial charge on any atom is -0.497 e. The Morgan fingerprint density at radius 2 is 1.29 bits per heavy atom. The number of methoxy groups -OCH3 is 3. The van der Waals surface area contributed by atoms with Gasteiger partial charge in [0.25, 0.3) is 0 Å². The topological polar surface area (TPSA) is 43.0 Å². The minimum absolute atomic E-state index is 0.114. The van der Waals surface area contributed by atoms with E-state index >= 15 is 0 Å². The van der Waals surface area contributed by atoms with Crippen LogP contribution in [0.25, 0.3) is 0 Å². The maximum atomic E-state index is 5.86. The average molecular weight is 479 g/mol. The van der Waals surface area contributed by atoms with Crippen molar-refractivity contribution >= 4 is 23.0 Å². The van der Waals surface area contributed by atoms with E-state index in [1.54, 1.807) is 21.3 Å². The van der Waals surface area contributed by atoms with Gasteiger partial charge < -0.3 is 24.4 Å². The van der Waals surface area contributed by atoms with Crippen molar-refractivity contribution in [2.24, 2.45) is 0 Å². The van der Waals surface area contributed by atoms with Gasteiger partial charge in [0.1, 0.15) is 17.2 Å². The lowest BCUT2D eigenvalue weighted by atomic mass is 9.87. The Labute approximate surface area is 208 Å². The molecule has 5 nitrogen and oxygen atoms in total. The summed E-state index contributed by atoms with van der Waals surface area (Å²) in [4.78, 5) is 2.15. The number of anilines is 1. The second-order valence-corrected chi connectivity index (χ2v) is 9.53. The first-order valence-electron chi connectivity index (χ1n) is 11.2. The zero-order valence-corrected chi connectivity index (χ0v) is 21.7. The summed E-state index contributed by atoms with van der Waals surface area (Å²) in [5, 5.41) is 3.97. The number of nitrogens with zero attached hydrogens (tertiary/aromatic N) is 1. The van der Waals surface area contributed by atoms with Gasteiger partial charge in [0, 0.05) is 19.2 Å². The summed E-state index contributed by atoms with van der Waals surface area (Å²) in [5.41, 5.74) is 4.53. The summed E-state index contributed by atoms with van der Waals surface area (Å²) >= 11 is 5.86. The zero-order valence-electron chi connectivity index (χ0n) is 20.8. The van der Waals surface area contributed by atoms with Crippen LogP contribution in [0.3, 0.4) is 0 Å². The van der Waals surface area contributed by atoms with Crippen LogP contribution in [0.4, 0.5) is 5.69 Å². The van der Waals surface area contributed by atoms with E-state index in [2.05, 4.69) is 67.4 Å². The van der Waals surface area contributed by atoms with Gasteiger partial charge in [0.2, 0.25) is 0 Å². The third-order valence-corrected chi connectivity index (χ3v) is 6.02. The van der Waals surface area contributed by atoms with E-state index in [0.29, 0.717) is 24.0 Å². The molecule has 34 heavy (non-hydrogen) atoms. The minimum atomic E-state index is 0.114. The average Bonchev–Trinajstić information content (AvgIpc) is 2.84. The Bertz CT molecular complexity index is 1090. The molecule has 0 bridgehead atoms. The Kier molecular flexibility index (Phi) is 8.40.